The number of carbonyl (C=O) groups excluding carboxylic acids is 1. The van der Waals surface area contributed by atoms with E-state index in [-0.39, 0.29) is 22.2 Å². The minimum absolute atomic E-state index is 0.0185. The highest BCUT2D eigenvalue weighted by molar-refractivity contribution is 9.09. The molecule has 0 radical (unpaired) electrons. The summed E-state index contributed by atoms with van der Waals surface area (Å²) < 4.78 is 37.8. The summed E-state index contributed by atoms with van der Waals surface area (Å²) in [4.78, 5) is 11.3. The molecule has 0 fully saturated rings. The molecule has 0 aliphatic heterocycles. The van der Waals surface area contributed by atoms with E-state index < -0.39 is 11.8 Å². The van der Waals surface area contributed by atoms with Crippen molar-refractivity contribution in [1.82, 2.24) is 0 Å². The molecule has 0 aromatic heterocycles. The number of carbonyl (C=O) groups is 1. The van der Waals surface area contributed by atoms with Crippen LogP contribution in [0, 0.1) is 0 Å². The summed E-state index contributed by atoms with van der Waals surface area (Å²) in [5.74, 6) is -0.343. The van der Waals surface area contributed by atoms with Crippen LogP contribution in [-0.4, -0.2) is 22.4 Å². The Hall–Kier alpha value is -0.880. The summed E-state index contributed by atoms with van der Waals surface area (Å²) in [7, 11) is 0. The summed E-state index contributed by atoms with van der Waals surface area (Å²) in [6.45, 7) is 0.657. The molecule has 1 unspecified atom stereocenters. The largest absolute Gasteiger partial charge is 0.421 e. The highest BCUT2D eigenvalue weighted by Crippen LogP contribution is 2.38. The number of hydrogen-bond donors (Lipinski definition) is 1. The second kappa shape index (κ2) is 4.78. The van der Waals surface area contributed by atoms with Crippen LogP contribution in [0.5, 0.6) is 0 Å². The number of rotatable bonds is 3. The van der Waals surface area contributed by atoms with Crippen LogP contribution in [0.2, 0.25) is 0 Å². The molecule has 1 atom stereocenters. The fourth-order valence-electron chi connectivity index (χ4n) is 1.24. The maximum absolute atomic E-state index is 12.6. The summed E-state index contributed by atoms with van der Waals surface area (Å²) in [5.41, 5.74) is -3.18. The lowest BCUT2D eigenvalue weighted by molar-refractivity contribution is -0.258. The van der Waals surface area contributed by atoms with Crippen molar-refractivity contribution in [2.75, 3.05) is 5.33 Å². The van der Waals surface area contributed by atoms with Crippen LogP contribution in [-0.2, 0) is 5.60 Å². The van der Waals surface area contributed by atoms with Crippen LogP contribution in [0.15, 0.2) is 24.3 Å². The fraction of sp³-hybridized carbons (Fsp3) is 0.364. The molecule has 0 saturated heterocycles. The van der Waals surface area contributed by atoms with Gasteiger partial charge in [0.1, 0.15) is 0 Å². The zero-order valence-electron chi connectivity index (χ0n) is 8.88. The molecule has 1 N–H and O–H groups in total. The Balaban J connectivity index is 3.21. The van der Waals surface area contributed by atoms with Gasteiger partial charge in [0.05, 0.1) is 5.33 Å². The molecule has 17 heavy (non-hydrogen) atoms. The van der Waals surface area contributed by atoms with E-state index in [1.54, 1.807) is 0 Å². The maximum atomic E-state index is 12.6. The summed E-state index contributed by atoms with van der Waals surface area (Å²) in [6.07, 6.45) is -4.79. The van der Waals surface area contributed by atoms with Crippen molar-refractivity contribution in [1.29, 1.82) is 0 Å². The second-order valence-corrected chi connectivity index (χ2v) is 4.27. The van der Waals surface area contributed by atoms with Crippen LogP contribution in [0.4, 0.5) is 13.2 Å². The van der Waals surface area contributed by atoms with Gasteiger partial charge in [-0.3, -0.25) is 4.79 Å². The smallest absolute Gasteiger partial charge is 0.376 e. The van der Waals surface area contributed by atoms with Gasteiger partial charge in [0.15, 0.2) is 11.4 Å². The minimum atomic E-state index is -4.79. The number of Topliss-reactive ketones (excluding diaryl/α,β-unsaturated/α-hetero) is 1. The molecule has 0 bridgehead atoms. The second-order valence-electron chi connectivity index (χ2n) is 3.71. The molecule has 1 aromatic carbocycles. The third-order valence-electron chi connectivity index (χ3n) is 2.42. The van der Waals surface area contributed by atoms with Crippen LogP contribution in [0.25, 0.3) is 0 Å². The molecular weight excluding hydrogens is 301 g/mol. The van der Waals surface area contributed by atoms with Crippen LogP contribution < -0.4 is 0 Å². The average molecular weight is 311 g/mol. The van der Waals surface area contributed by atoms with Gasteiger partial charge in [-0.25, -0.2) is 0 Å². The number of benzene rings is 1. The predicted molar refractivity (Wildman–Crippen MR) is 60.2 cm³/mol. The van der Waals surface area contributed by atoms with Crippen molar-refractivity contribution in [2.45, 2.75) is 18.7 Å². The number of alkyl halides is 4. The van der Waals surface area contributed by atoms with Crippen molar-refractivity contribution >= 4 is 21.7 Å². The standard InChI is InChI=1S/C11H10BrF3O2/c1-10(17,11(13,14)15)8-4-2-3-7(5-8)9(16)6-12/h2-5,17H,6H2,1H3. The lowest BCUT2D eigenvalue weighted by Crippen LogP contribution is -2.39. The zero-order chi connectivity index (χ0) is 13.3. The quantitative estimate of drug-likeness (QED) is 0.688. The third-order valence-corrected chi connectivity index (χ3v) is 2.93. The van der Waals surface area contributed by atoms with Crippen molar-refractivity contribution in [3.05, 3.63) is 35.4 Å². The molecule has 1 aromatic rings. The maximum Gasteiger partial charge on any atom is 0.421 e. The van der Waals surface area contributed by atoms with Gasteiger partial charge in [-0.15, -0.1) is 0 Å². The van der Waals surface area contributed by atoms with E-state index in [1.165, 1.54) is 12.1 Å². The van der Waals surface area contributed by atoms with E-state index in [1.807, 2.05) is 0 Å². The molecule has 0 aliphatic rings. The minimum Gasteiger partial charge on any atom is -0.376 e. The molecular formula is C11H10BrF3O2. The van der Waals surface area contributed by atoms with E-state index in [0.29, 0.717) is 6.92 Å². The summed E-state index contributed by atoms with van der Waals surface area (Å²) in [5, 5.41) is 9.47. The van der Waals surface area contributed by atoms with Crippen molar-refractivity contribution < 1.29 is 23.1 Å². The number of halogens is 4. The Morgan fingerprint density at radius 3 is 2.47 bits per heavy atom. The first kappa shape index (κ1) is 14.2. The average Bonchev–Trinajstić information content (AvgIpc) is 2.26. The molecule has 94 valence electrons. The van der Waals surface area contributed by atoms with Crippen LogP contribution in [0.3, 0.4) is 0 Å². The van der Waals surface area contributed by atoms with Gasteiger partial charge < -0.3 is 5.11 Å². The Morgan fingerprint density at radius 1 is 1.41 bits per heavy atom. The first-order valence-corrected chi connectivity index (χ1v) is 5.81. The van der Waals surface area contributed by atoms with Crippen LogP contribution >= 0.6 is 15.9 Å². The molecule has 0 saturated carbocycles. The molecule has 0 amide bonds. The van der Waals surface area contributed by atoms with Gasteiger partial charge in [-0.1, -0.05) is 34.1 Å². The molecule has 0 heterocycles. The van der Waals surface area contributed by atoms with Gasteiger partial charge >= 0.3 is 6.18 Å². The molecule has 1 rings (SSSR count). The summed E-state index contributed by atoms with van der Waals surface area (Å²) >= 11 is 2.93. The van der Waals surface area contributed by atoms with Crippen molar-refractivity contribution in [2.24, 2.45) is 0 Å². The topological polar surface area (TPSA) is 37.3 Å². The molecule has 2 nitrogen and oxygen atoms in total. The molecule has 0 spiro atoms. The highest BCUT2D eigenvalue weighted by Gasteiger charge is 2.51. The first-order chi connectivity index (χ1) is 7.70. The van der Waals surface area contributed by atoms with Crippen LogP contribution in [0.1, 0.15) is 22.8 Å². The van der Waals surface area contributed by atoms with E-state index in [2.05, 4.69) is 15.9 Å². The monoisotopic (exact) mass is 310 g/mol. The number of aliphatic hydroxyl groups is 1. The SMILES string of the molecule is CC(O)(c1cccc(C(=O)CBr)c1)C(F)(F)F. The fourth-order valence-corrected chi connectivity index (χ4v) is 1.56. The van der Waals surface area contributed by atoms with Gasteiger partial charge in [-0.2, -0.15) is 13.2 Å². The van der Waals surface area contributed by atoms with E-state index in [0.717, 1.165) is 12.1 Å². The third kappa shape index (κ3) is 2.87. The summed E-state index contributed by atoms with van der Waals surface area (Å²) in [6, 6.07) is 4.90. The number of ketones is 1. The Kier molecular flexibility index (Phi) is 3.99. The number of hydrogen-bond acceptors (Lipinski definition) is 2. The molecule has 6 heteroatoms. The first-order valence-electron chi connectivity index (χ1n) is 4.69. The normalized spacial score (nSPS) is 15.4. The lowest BCUT2D eigenvalue weighted by Gasteiger charge is -2.26. The van der Waals surface area contributed by atoms with Gasteiger partial charge in [0, 0.05) is 5.56 Å². The van der Waals surface area contributed by atoms with Gasteiger partial charge in [0.25, 0.3) is 0 Å². The molecule has 0 aliphatic carbocycles. The lowest BCUT2D eigenvalue weighted by atomic mass is 9.93. The highest BCUT2D eigenvalue weighted by atomic mass is 79.9. The van der Waals surface area contributed by atoms with E-state index >= 15 is 0 Å². The van der Waals surface area contributed by atoms with Crippen molar-refractivity contribution in [3.63, 3.8) is 0 Å². The Labute approximate surface area is 105 Å². The van der Waals surface area contributed by atoms with Gasteiger partial charge in [0.2, 0.25) is 0 Å². The van der Waals surface area contributed by atoms with Gasteiger partial charge in [-0.05, 0) is 18.6 Å². The predicted octanol–water partition coefficient (Wildman–Crippen LogP) is 3.03. The van der Waals surface area contributed by atoms with Crippen molar-refractivity contribution in [3.8, 4) is 0 Å². The Morgan fingerprint density at radius 2 is 2.00 bits per heavy atom. The zero-order valence-corrected chi connectivity index (χ0v) is 10.5. The van der Waals surface area contributed by atoms with E-state index in [9.17, 15) is 23.1 Å². The van der Waals surface area contributed by atoms with E-state index in [4.69, 9.17) is 0 Å². The Bertz CT molecular complexity index is 427.